The first-order valence-corrected chi connectivity index (χ1v) is 27.6. The molecule has 30 heteroatoms. The molecule has 0 aliphatic carbocycles. The second-order valence-corrected chi connectivity index (χ2v) is 21.4. The van der Waals surface area contributed by atoms with E-state index < -0.39 is 183 Å². The number of hydrogen-bond donors (Lipinski definition) is 14. The van der Waals surface area contributed by atoms with Gasteiger partial charge in [0, 0.05) is 44.0 Å². The van der Waals surface area contributed by atoms with Gasteiger partial charge in [-0.15, -0.1) is 4.33 Å². The number of rotatable bonds is 19. The Labute approximate surface area is 509 Å². The van der Waals surface area contributed by atoms with Crippen molar-refractivity contribution in [2.24, 2.45) is 11.7 Å². The maximum atomic E-state index is 14.6. The van der Waals surface area contributed by atoms with Gasteiger partial charge in [0.1, 0.15) is 48.5 Å². The Balaban J connectivity index is 0.0000129. The molecule has 0 radical (unpaired) electrons. The fourth-order valence-electron chi connectivity index (χ4n) is 10.1. The average molecular weight is 1210 g/mol. The maximum absolute atomic E-state index is 14.6. The summed E-state index contributed by atoms with van der Waals surface area (Å²) in [4.78, 5) is 114. The average Bonchev–Trinajstić information content (AvgIpc) is 4.24. The summed E-state index contributed by atoms with van der Waals surface area (Å²) >= 11 is -0.0810. The number of nitrogens with one attached hydrogen (secondary N) is 5. The Bertz CT molecular complexity index is 2770. The van der Waals surface area contributed by atoms with Crippen molar-refractivity contribution in [2.75, 3.05) is 19.6 Å². The van der Waals surface area contributed by atoms with Gasteiger partial charge >= 0.3 is 29.6 Å². The van der Waals surface area contributed by atoms with E-state index in [1.807, 2.05) is 24.3 Å². The zero-order valence-electron chi connectivity index (χ0n) is 46.6. The third-order valence-corrected chi connectivity index (χ3v) is 15.1. The van der Waals surface area contributed by atoms with Crippen LogP contribution in [0.2, 0.25) is 0 Å². The second kappa shape index (κ2) is 31.9. The molecular formula is C54H71N8NaO20S. The molecule has 3 aromatic rings. The van der Waals surface area contributed by atoms with E-state index in [9.17, 15) is 84.5 Å². The first-order chi connectivity index (χ1) is 39.4. The van der Waals surface area contributed by atoms with Gasteiger partial charge < -0.3 is 92.4 Å². The van der Waals surface area contributed by atoms with Crippen LogP contribution in [0.25, 0.3) is 11.1 Å². The molecule has 84 heavy (non-hydrogen) atoms. The normalized spacial score (nSPS) is 26.1. The molecule has 15 N–H and O–H groups in total. The summed E-state index contributed by atoms with van der Waals surface area (Å²) in [6, 6.07) is 5.06. The first kappa shape index (κ1) is 68.7. The minimum Gasteiger partial charge on any atom is -0.691 e. The minimum atomic E-state index is -2.53. The Morgan fingerprint density at radius 3 is 2.05 bits per heavy atom. The molecule has 3 fully saturated rings. The van der Waals surface area contributed by atoms with E-state index in [0.29, 0.717) is 0 Å². The standard InChI is InChI=1S/C54H72N8O20S.Na/c1-4-5-6-7-8-28-9-11-29(12-10-28)30-13-15-31(16-14-30)48(72)57-35-20-33(64)23-56-52(76)44-45(69)26(2)24-62(44)54(78)42(38(67)22-40(55)68)59-51(75)43(47(71)46(70)32-17-18-37(66)39(19-32)80-83-82-81-79)60-50(74)36-21-34(65)25-61(36)53(77)41(27(3)63)58-49(35)73;/h9-19,26-27,33-36,38,41-47,63-67,69-71,79H,4-8,20-25H2,1-3H3,(H2,55,68)(H,56,76)(H,57,72)(H,58,73)(H,59,75)(H,60,74);/q;+1/p-1. The van der Waals surface area contributed by atoms with Gasteiger partial charge in [0.2, 0.25) is 41.4 Å². The van der Waals surface area contributed by atoms with Crippen LogP contribution in [0, 0.1) is 5.92 Å². The smallest absolute Gasteiger partial charge is 0.691 e. The maximum Gasteiger partial charge on any atom is 1.00 e. The van der Waals surface area contributed by atoms with Crippen LogP contribution >= 0.6 is 12.3 Å². The number of phenolic OH excluding ortho intramolecular Hbond substituents is 1. The molecule has 0 spiro atoms. The number of nitrogens with two attached hydrogens (primary N) is 1. The molecule has 3 aliphatic rings. The number of β-amino-alcohol motifs (C(OH)–C–C–N with tert-alkyl or cyclic N) is 1. The molecule has 3 saturated heterocycles. The number of amides is 8. The number of carbonyl (C=O) groups is 8. The summed E-state index contributed by atoms with van der Waals surface area (Å²) in [7, 11) is 0. The topological polar surface area (TPSA) is 442 Å². The fraction of sp³-hybridized carbons (Fsp3) is 0.519. The third-order valence-electron chi connectivity index (χ3n) is 14.7. The number of hydrogen-bond acceptors (Lipinski definition) is 21. The molecule has 0 bridgehead atoms. The third kappa shape index (κ3) is 17.8. The van der Waals surface area contributed by atoms with Gasteiger partial charge in [-0.2, -0.15) is 0 Å². The van der Waals surface area contributed by atoms with E-state index in [4.69, 9.17) is 9.92 Å². The quantitative estimate of drug-likeness (QED) is 0.0175. The van der Waals surface area contributed by atoms with E-state index >= 15 is 0 Å². The number of benzene rings is 3. The van der Waals surface area contributed by atoms with Gasteiger partial charge in [0.05, 0.1) is 36.9 Å². The van der Waals surface area contributed by atoms with Gasteiger partial charge in [-0.1, -0.05) is 75.6 Å². The van der Waals surface area contributed by atoms with Crippen LogP contribution in [0.15, 0.2) is 66.7 Å². The van der Waals surface area contributed by atoms with Gasteiger partial charge in [0.25, 0.3) is 18.2 Å². The van der Waals surface area contributed by atoms with Crippen molar-refractivity contribution in [1.82, 2.24) is 36.4 Å². The molecule has 14 unspecified atom stereocenters. The summed E-state index contributed by atoms with van der Waals surface area (Å²) < 4.78 is 9.04. The number of nitrogens with zero attached hydrogens (tertiary/aromatic N) is 2. The predicted molar refractivity (Wildman–Crippen MR) is 288 cm³/mol. The van der Waals surface area contributed by atoms with Crippen LogP contribution < -0.4 is 71.3 Å². The SMILES string of the molecule is CCCCCCc1ccc(-c2ccc(C(=O)NC3CC(O)CNC(=O)C4C(O)C(C)CN4C(=O)C(C(O)CC(N)=O)NC(=O)C(C(O)C(O)c4ccc(O)c(OSOO[O-])c4)NC(=O)C4CC(O)CN4C(=O)C(C(C)O)NC3=O)cc2)cc1.[Na+]. The predicted octanol–water partition coefficient (Wildman–Crippen LogP) is -6.33. The monoisotopic (exact) mass is 1210 g/mol. The summed E-state index contributed by atoms with van der Waals surface area (Å²) in [5, 5.41) is 115. The summed E-state index contributed by atoms with van der Waals surface area (Å²) in [5.41, 5.74) is 7.88. The second-order valence-electron chi connectivity index (χ2n) is 20.9. The van der Waals surface area contributed by atoms with Crippen molar-refractivity contribution in [3.8, 4) is 22.6 Å². The van der Waals surface area contributed by atoms with Crippen LogP contribution in [0.3, 0.4) is 0 Å². The Hall–Kier alpha value is -6.03. The molecule has 14 atom stereocenters. The summed E-state index contributed by atoms with van der Waals surface area (Å²) in [5.74, 6) is -11.8. The number of aryl methyl sites for hydroxylation is 1. The molecular weight excluding hydrogens is 1140 g/mol. The number of aromatic hydroxyl groups is 1. The molecule has 3 heterocycles. The van der Waals surface area contributed by atoms with Crippen molar-refractivity contribution < 1.29 is 128 Å². The Morgan fingerprint density at radius 1 is 0.786 bits per heavy atom. The van der Waals surface area contributed by atoms with Gasteiger partial charge in [-0.3, -0.25) is 43.4 Å². The van der Waals surface area contributed by atoms with Crippen molar-refractivity contribution in [1.29, 1.82) is 0 Å². The number of carbonyl (C=O) groups excluding carboxylic acids is 8. The van der Waals surface area contributed by atoms with Gasteiger partial charge in [0.15, 0.2) is 11.5 Å². The van der Waals surface area contributed by atoms with E-state index in [0.717, 1.165) is 78.2 Å². The fourth-order valence-corrected chi connectivity index (χ4v) is 10.4. The molecule has 6 rings (SSSR count). The van der Waals surface area contributed by atoms with E-state index in [2.05, 4.69) is 42.9 Å². The molecule has 3 aliphatic heterocycles. The molecule has 454 valence electrons. The zero-order chi connectivity index (χ0) is 60.8. The van der Waals surface area contributed by atoms with Crippen LogP contribution in [0.4, 0.5) is 0 Å². The number of unbranched alkanes of at least 4 members (excludes halogenated alkanes) is 3. The number of primary amides is 1. The number of fused-ring (bicyclic) bond motifs is 2. The van der Waals surface area contributed by atoms with Crippen LogP contribution in [0.5, 0.6) is 11.5 Å². The van der Waals surface area contributed by atoms with Crippen LogP contribution in [-0.4, -0.2) is 190 Å². The van der Waals surface area contributed by atoms with Crippen molar-refractivity contribution in [3.05, 3.63) is 83.4 Å². The zero-order valence-corrected chi connectivity index (χ0v) is 49.4. The molecule has 0 aromatic heterocycles. The molecule has 8 amide bonds. The van der Waals surface area contributed by atoms with Crippen molar-refractivity contribution in [2.45, 2.75) is 151 Å². The van der Waals surface area contributed by atoms with Gasteiger partial charge in [-0.25, -0.2) is 0 Å². The van der Waals surface area contributed by atoms with Crippen LogP contribution in [-0.2, 0) is 49.4 Å². The Morgan fingerprint density at radius 2 is 1.42 bits per heavy atom. The number of aliphatic hydroxyl groups excluding tert-OH is 7. The largest absolute Gasteiger partial charge is 1.00 e. The first-order valence-electron chi connectivity index (χ1n) is 26.9. The van der Waals surface area contributed by atoms with E-state index in [1.165, 1.54) is 24.6 Å². The van der Waals surface area contributed by atoms with Crippen molar-refractivity contribution in [3.63, 3.8) is 0 Å². The summed E-state index contributed by atoms with van der Waals surface area (Å²) in [6.07, 6.45) is -10.6. The van der Waals surface area contributed by atoms with Gasteiger partial charge in [-0.05, 0) is 66.3 Å². The van der Waals surface area contributed by atoms with E-state index in [-0.39, 0.29) is 53.0 Å². The van der Waals surface area contributed by atoms with Crippen LogP contribution in [0.1, 0.15) is 93.3 Å². The summed E-state index contributed by atoms with van der Waals surface area (Å²) in [6.45, 7) is 2.89. The minimum absolute atomic E-state index is 0. The Kier molecular flexibility index (Phi) is 26.1. The number of phenols is 1. The number of aliphatic hydroxyl groups is 7. The van der Waals surface area contributed by atoms with E-state index in [1.54, 1.807) is 12.1 Å². The molecule has 3 aromatic carbocycles. The molecule has 28 nitrogen and oxygen atoms in total. The molecule has 0 saturated carbocycles. The van der Waals surface area contributed by atoms with Crippen molar-refractivity contribution >= 4 is 59.6 Å².